The molecule has 1 aromatic heterocycles. The van der Waals surface area contributed by atoms with Crippen molar-refractivity contribution in [2.45, 2.75) is 52.1 Å². The van der Waals surface area contributed by atoms with Crippen LogP contribution in [0.1, 0.15) is 39.3 Å². The van der Waals surface area contributed by atoms with E-state index in [0.717, 1.165) is 12.5 Å². The van der Waals surface area contributed by atoms with Crippen molar-refractivity contribution in [1.29, 1.82) is 0 Å². The summed E-state index contributed by atoms with van der Waals surface area (Å²) in [5, 5.41) is 4.65. The summed E-state index contributed by atoms with van der Waals surface area (Å²) in [4.78, 5) is 5.37. The Hall–Kier alpha value is -1.03. The molecule has 0 saturated carbocycles. The van der Waals surface area contributed by atoms with Crippen LogP contribution in [0.4, 0.5) is 5.69 Å². The van der Waals surface area contributed by atoms with Gasteiger partial charge in [-0.05, 0) is 31.7 Å². The molecule has 3 rings (SSSR count). The molecule has 2 saturated heterocycles. The summed E-state index contributed by atoms with van der Waals surface area (Å²) in [5.41, 5.74) is 2.63. The zero-order valence-electron chi connectivity index (χ0n) is 13.3. The van der Waals surface area contributed by atoms with Crippen LogP contribution >= 0.6 is 0 Å². The SMILES string of the molecule is CCc1nn(C)cc1N1CC2CCCN2CC1C(C)C. The van der Waals surface area contributed by atoms with Crippen molar-refractivity contribution in [3.8, 4) is 0 Å². The number of nitrogens with zero attached hydrogens (tertiary/aromatic N) is 4. The Morgan fingerprint density at radius 3 is 2.85 bits per heavy atom. The molecule has 0 bridgehead atoms. The maximum atomic E-state index is 4.65. The van der Waals surface area contributed by atoms with Crippen LogP contribution in [0.15, 0.2) is 6.20 Å². The lowest BCUT2D eigenvalue weighted by molar-refractivity contribution is 0.176. The molecule has 2 atom stereocenters. The van der Waals surface area contributed by atoms with Crippen molar-refractivity contribution < 1.29 is 0 Å². The Morgan fingerprint density at radius 2 is 2.15 bits per heavy atom. The van der Waals surface area contributed by atoms with Gasteiger partial charge in [0.15, 0.2) is 0 Å². The molecule has 2 fully saturated rings. The zero-order chi connectivity index (χ0) is 14.3. The lowest BCUT2D eigenvalue weighted by Gasteiger charge is -2.46. The van der Waals surface area contributed by atoms with Gasteiger partial charge in [0.2, 0.25) is 0 Å². The second-order valence-corrected chi connectivity index (χ2v) is 6.74. The minimum Gasteiger partial charge on any atom is -0.363 e. The topological polar surface area (TPSA) is 24.3 Å². The van der Waals surface area contributed by atoms with Crippen LogP contribution in [-0.4, -0.2) is 46.4 Å². The van der Waals surface area contributed by atoms with Crippen LogP contribution in [-0.2, 0) is 13.5 Å². The third-order valence-corrected chi connectivity index (χ3v) is 5.03. The third kappa shape index (κ3) is 2.34. The maximum Gasteiger partial charge on any atom is 0.0855 e. The van der Waals surface area contributed by atoms with Gasteiger partial charge in [-0.2, -0.15) is 5.10 Å². The monoisotopic (exact) mass is 276 g/mol. The molecule has 2 aliphatic rings. The van der Waals surface area contributed by atoms with Gasteiger partial charge in [0, 0.05) is 38.4 Å². The van der Waals surface area contributed by atoms with Crippen molar-refractivity contribution >= 4 is 5.69 Å². The highest BCUT2D eigenvalue weighted by molar-refractivity contribution is 5.51. The van der Waals surface area contributed by atoms with E-state index >= 15 is 0 Å². The van der Waals surface area contributed by atoms with Crippen LogP contribution in [0, 0.1) is 5.92 Å². The number of anilines is 1. The fourth-order valence-corrected chi connectivity index (χ4v) is 3.90. The Morgan fingerprint density at radius 1 is 1.35 bits per heavy atom. The quantitative estimate of drug-likeness (QED) is 0.846. The molecule has 0 N–H and O–H groups in total. The van der Waals surface area contributed by atoms with Crippen molar-refractivity contribution in [2.75, 3.05) is 24.5 Å². The van der Waals surface area contributed by atoms with E-state index in [2.05, 4.69) is 41.9 Å². The van der Waals surface area contributed by atoms with E-state index in [9.17, 15) is 0 Å². The highest BCUT2D eigenvalue weighted by Gasteiger charge is 2.38. The molecule has 2 aliphatic heterocycles. The number of aromatic nitrogens is 2. The van der Waals surface area contributed by atoms with E-state index in [0.29, 0.717) is 12.0 Å². The summed E-state index contributed by atoms with van der Waals surface area (Å²) in [6.07, 6.45) is 5.98. The molecule has 4 heteroatoms. The Bertz CT molecular complexity index is 465. The van der Waals surface area contributed by atoms with Crippen LogP contribution in [0.3, 0.4) is 0 Å². The van der Waals surface area contributed by atoms with Gasteiger partial charge < -0.3 is 4.90 Å². The Kier molecular flexibility index (Phi) is 3.76. The first kappa shape index (κ1) is 13.9. The van der Waals surface area contributed by atoms with E-state index in [1.165, 1.54) is 43.9 Å². The fourth-order valence-electron chi connectivity index (χ4n) is 3.90. The third-order valence-electron chi connectivity index (χ3n) is 5.03. The van der Waals surface area contributed by atoms with Gasteiger partial charge in [-0.25, -0.2) is 0 Å². The number of rotatable bonds is 3. The second kappa shape index (κ2) is 5.40. The largest absolute Gasteiger partial charge is 0.363 e. The van der Waals surface area contributed by atoms with Gasteiger partial charge in [-0.3, -0.25) is 9.58 Å². The van der Waals surface area contributed by atoms with Crippen molar-refractivity contribution in [3.05, 3.63) is 11.9 Å². The van der Waals surface area contributed by atoms with E-state index in [-0.39, 0.29) is 0 Å². The van der Waals surface area contributed by atoms with Gasteiger partial charge in [-0.15, -0.1) is 0 Å². The van der Waals surface area contributed by atoms with Crippen molar-refractivity contribution in [2.24, 2.45) is 13.0 Å². The molecule has 0 aliphatic carbocycles. The molecule has 112 valence electrons. The van der Waals surface area contributed by atoms with Crippen LogP contribution < -0.4 is 4.90 Å². The normalized spacial score (nSPS) is 27.4. The standard InChI is InChI=1S/C16H28N4/c1-5-14-16(10-18(4)17-14)20-9-13-7-6-8-19(13)11-15(20)12(2)3/h10,12-13,15H,5-9,11H2,1-4H3. The summed E-state index contributed by atoms with van der Waals surface area (Å²) in [6, 6.07) is 1.38. The zero-order valence-corrected chi connectivity index (χ0v) is 13.3. The van der Waals surface area contributed by atoms with Crippen LogP contribution in [0.2, 0.25) is 0 Å². The lowest BCUT2D eigenvalue weighted by atomic mass is 9.96. The number of aryl methyl sites for hydroxylation is 2. The molecule has 4 nitrogen and oxygen atoms in total. The van der Waals surface area contributed by atoms with Gasteiger partial charge in [-0.1, -0.05) is 20.8 Å². The first-order chi connectivity index (χ1) is 9.60. The molecule has 0 spiro atoms. The summed E-state index contributed by atoms with van der Waals surface area (Å²) >= 11 is 0. The minimum absolute atomic E-state index is 0.624. The molecular weight excluding hydrogens is 248 g/mol. The van der Waals surface area contributed by atoms with Crippen LogP contribution in [0.5, 0.6) is 0 Å². The second-order valence-electron chi connectivity index (χ2n) is 6.74. The highest BCUT2D eigenvalue weighted by Crippen LogP contribution is 2.32. The number of hydrogen-bond donors (Lipinski definition) is 0. The molecular formula is C16H28N4. The van der Waals surface area contributed by atoms with Gasteiger partial charge in [0.05, 0.1) is 11.4 Å². The van der Waals surface area contributed by atoms with Gasteiger partial charge >= 0.3 is 0 Å². The van der Waals surface area contributed by atoms with E-state index < -0.39 is 0 Å². The average molecular weight is 276 g/mol. The number of hydrogen-bond acceptors (Lipinski definition) is 3. The Balaban J connectivity index is 1.91. The molecule has 20 heavy (non-hydrogen) atoms. The summed E-state index contributed by atoms with van der Waals surface area (Å²) in [5.74, 6) is 0.682. The fraction of sp³-hybridized carbons (Fsp3) is 0.812. The molecule has 0 amide bonds. The summed E-state index contributed by atoms with van der Waals surface area (Å²) in [6.45, 7) is 10.6. The van der Waals surface area contributed by atoms with Crippen molar-refractivity contribution in [3.63, 3.8) is 0 Å². The van der Waals surface area contributed by atoms with Gasteiger partial charge in [0.25, 0.3) is 0 Å². The Labute approximate surface area is 122 Å². The first-order valence-electron chi connectivity index (χ1n) is 8.13. The molecule has 1 aromatic rings. The van der Waals surface area contributed by atoms with E-state index in [1.54, 1.807) is 0 Å². The number of fused-ring (bicyclic) bond motifs is 1. The highest BCUT2D eigenvalue weighted by atomic mass is 15.4. The summed E-state index contributed by atoms with van der Waals surface area (Å²) < 4.78 is 1.98. The van der Waals surface area contributed by atoms with Crippen molar-refractivity contribution in [1.82, 2.24) is 14.7 Å². The molecule has 2 unspecified atom stereocenters. The average Bonchev–Trinajstić information content (AvgIpc) is 3.01. The smallest absolute Gasteiger partial charge is 0.0855 e. The predicted octanol–water partition coefficient (Wildman–Crippen LogP) is 2.29. The van der Waals surface area contributed by atoms with E-state index in [4.69, 9.17) is 0 Å². The number of piperazine rings is 1. The maximum absolute atomic E-state index is 4.65. The predicted molar refractivity (Wildman–Crippen MR) is 83.2 cm³/mol. The lowest BCUT2D eigenvalue weighted by Crippen LogP contribution is -2.58. The first-order valence-corrected chi connectivity index (χ1v) is 8.13. The van der Waals surface area contributed by atoms with Crippen LogP contribution in [0.25, 0.3) is 0 Å². The summed E-state index contributed by atoms with van der Waals surface area (Å²) in [7, 11) is 2.04. The molecule has 0 radical (unpaired) electrons. The molecule has 3 heterocycles. The van der Waals surface area contributed by atoms with E-state index in [1.807, 2.05) is 11.7 Å². The molecule has 0 aromatic carbocycles. The van der Waals surface area contributed by atoms with Gasteiger partial charge in [0.1, 0.15) is 0 Å². The minimum atomic E-state index is 0.624.